The van der Waals surface area contributed by atoms with Crippen molar-refractivity contribution in [3.63, 3.8) is 0 Å². The Morgan fingerprint density at radius 1 is 1.11 bits per heavy atom. The summed E-state index contributed by atoms with van der Waals surface area (Å²) in [4.78, 5) is 25.4. The second-order valence-electron chi connectivity index (χ2n) is 6.36. The van der Waals surface area contributed by atoms with E-state index in [4.69, 9.17) is 10.5 Å². The zero-order valence-corrected chi connectivity index (χ0v) is 15.9. The van der Waals surface area contributed by atoms with Crippen LogP contribution in [0.15, 0.2) is 48.5 Å². The molecule has 144 valence electrons. The molecule has 2 rings (SSSR count). The first kappa shape index (κ1) is 20.3. The zero-order valence-electron chi connectivity index (χ0n) is 15.9. The van der Waals surface area contributed by atoms with Gasteiger partial charge < -0.3 is 20.7 Å². The number of nitrogens with zero attached hydrogens (tertiary/aromatic N) is 1. The maximum absolute atomic E-state index is 12.4. The van der Waals surface area contributed by atoms with Gasteiger partial charge >= 0.3 is 0 Å². The third kappa shape index (κ3) is 6.66. The molecule has 0 bridgehead atoms. The molecule has 0 heterocycles. The largest absolute Gasteiger partial charge is 0.497 e. The van der Waals surface area contributed by atoms with E-state index in [1.165, 1.54) is 11.1 Å². The number of methoxy groups -OCH3 is 1. The van der Waals surface area contributed by atoms with Gasteiger partial charge in [0.1, 0.15) is 5.75 Å². The highest BCUT2D eigenvalue weighted by Gasteiger charge is 2.13. The van der Waals surface area contributed by atoms with E-state index in [0.717, 1.165) is 17.9 Å². The lowest BCUT2D eigenvalue weighted by Crippen LogP contribution is -2.39. The molecule has 6 heteroatoms. The summed E-state index contributed by atoms with van der Waals surface area (Å²) >= 11 is 0. The number of amides is 2. The lowest BCUT2D eigenvalue weighted by atomic mass is 10.1. The van der Waals surface area contributed by atoms with Gasteiger partial charge in [0, 0.05) is 25.2 Å². The van der Waals surface area contributed by atoms with E-state index in [1.807, 2.05) is 41.3 Å². The van der Waals surface area contributed by atoms with Crippen molar-refractivity contribution in [3.8, 4) is 5.75 Å². The van der Waals surface area contributed by atoms with Gasteiger partial charge in [-0.2, -0.15) is 0 Å². The maximum Gasteiger partial charge on any atom is 0.239 e. The molecular formula is C21H27N3O3. The van der Waals surface area contributed by atoms with Crippen LogP contribution in [-0.2, 0) is 16.0 Å². The third-order valence-corrected chi connectivity index (χ3v) is 4.38. The lowest BCUT2D eigenvalue weighted by Gasteiger charge is -2.24. The SMILES string of the molecule is COc1ccc(N(CCC(N)=O)CC(=O)NCCc2ccccc2C)cc1. The van der Waals surface area contributed by atoms with E-state index in [2.05, 4.69) is 24.4 Å². The normalized spacial score (nSPS) is 10.3. The van der Waals surface area contributed by atoms with Crippen LogP contribution in [0.25, 0.3) is 0 Å². The van der Waals surface area contributed by atoms with Crippen LogP contribution in [0, 0.1) is 6.92 Å². The smallest absolute Gasteiger partial charge is 0.239 e. The second-order valence-corrected chi connectivity index (χ2v) is 6.36. The molecule has 0 saturated carbocycles. The van der Waals surface area contributed by atoms with E-state index in [9.17, 15) is 9.59 Å². The van der Waals surface area contributed by atoms with Crippen LogP contribution in [0.3, 0.4) is 0 Å². The molecule has 0 spiro atoms. The van der Waals surface area contributed by atoms with Crippen LogP contribution in [0.5, 0.6) is 5.75 Å². The van der Waals surface area contributed by atoms with E-state index >= 15 is 0 Å². The molecule has 2 aromatic rings. The molecule has 0 unspecified atom stereocenters. The third-order valence-electron chi connectivity index (χ3n) is 4.38. The van der Waals surface area contributed by atoms with E-state index in [1.54, 1.807) is 7.11 Å². The van der Waals surface area contributed by atoms with Crippen molar-refractivity contribution in [2.45, 2.75) is 19.8 Å². The Morgan fingerprint density at radius 3 is 2.44 bits per heavy atom. The summed E-state index contributed by atoms with van der Waals surface area (Å²) in [5.74, 6) is 0.244. The molecular weight excluding hydrogens is 342 g/mol. The van der Waals surface area contributed by atoms with Gasteiger partial charge in [0.15, 0.2) is 0 Å². The number of anilines is 1. The summed E-state index contributed by atoms with van der Waals surface area (Å²) in [6, 6.07) is 15.5. The Labute approximate surface area is 160 Å². The predicted octanol–water partition coefficient (Wildman–Crippen LogP) is 2.04. The number of hydrogen-bond acceptors (Lipinski definition) is 4. The number of hydrogen-bond donors (Lipinski definition) is 2. The van der Waals surface area contributed by atoms with Crippen molar-refractivity contribution in [2.24, 2.45) is 5.73 Å². The number of carbonyl (C=O) groups is 2. The Morgan fingerprint density at radius 2 is 1.81 bits per heavy atom. The first-order valence-electron chi connectivity index (χ1n) is 8.98. The van der Waals surface area contributed by atoms with E-state index in [-0.39, 0.29) is 18.9 Å². The van der Waals surface area contributed by atoms with Crippen LogP contribution in [0.1, 0.15) is 17.5 Å². The van der Waals surface area contributed by atoms with Crippen molar-refractivity contribution >= 4 is 17.5 Å². The van der Waals surface area contributed by atoms with Gasteiger partial charge in [0.2, 0.25) is 11.8 Å². The minimum Gasteiger partial charge on any atom is -0.497 e. The Kier molecular flexibility index (Phi) is 7.67. The Balaban J connectivity index is 1.93. The van der Waals surface area contributed by atoms with Crippen molar-refractivity contribution in [1.29, 1.82) is 0 Å². The summed E-state index contributed by atoms with van der Waals surface area (Å²) in [6.45, 7) is 3.17. The maximum atomic E-state index is 12.4. The van der Waals surface area contributed by atoms with Gasteiger partial charge in [-0.25, -0.2) is 0 Å². The number of aryl methyl sites for hydroxylation is 1. The van der Waals surface area contributed by atoms with E-state index < -0.39 is 5.91 Å². The van der Waals surface area contributed by atoms with Gasteiger partial charge in [-0.05, 0) is 48.7 Å². The summed E-state index contributed by atoms with van der Waals surface area (Å²) in [7, 11) is 1.60. The molecule has 0 aromatic heterocycles. The number of carbonyl (C=O) groups excluding carboxylic acids is 2. The molecule has 6 nitrogen and oxygen atoms in total. The van der Waals surface area contributed by atoms with Crippen LogP contribution in [-0.4, -0.2) is 38.6 Å². The standard InChI is InChI=1S/C21H27N3O3/c1-16-5-3-4-6-17(16)11-13-23-21(26)15-24(14-12-20(22)25)18-7-9-19(27-2)10-8-18/h3-10H,11-15H2,1-2H3,(H2,22,25)(H,23,26). The molecule has 0 fully saturated rings. The molecule has 0 aliphatic heterocycles. The van der Waals surface area contributed by atoms with Crippen LogP contribution >= 0.6 is 0 Å². The predicted molar refractivity (Wildman–Crippen MR) is 107 cm³/mol. The monoisotopic (exact) mass is 369 g/mol. The summed E-state index contributed by atoms with van der Waals surface area (Å²) in [5.41, 5.74) is 8.54. The molecule has 0 atom stereocenters. The van der Waals surface area contributed by atoms with Crippen LogP contribution in [0.2, 0.25) is 0 Å². The molecule has 27 heavy (non-hydrogen) atoms. The minimum atomic E-state index is -0.395. The first-order chi connectivity index (χ1) is 13.0. The highest BCUT2D eigenvalue weighted by molar-refractivity contribution is 5.82. The Hall–Kier alpha value is -3.02. The number of primary amides is 1. The fourth-order valence-corrected chi connectivity index (χ4v) is 2.79. The summed E-state index contributed by atoms with van der Waals surface area (Å²) in [6.07, 6.45) is 0.963. The number of nitrogens with one attached hydrogen (secondary N) is 1. The number of ether oxygens (including phenoxy) is 1. The fourth-order valence-electron chi connectivity index (χ4n) is 2.79. The highest BCUT2D eigenvalue weighted by atomic mass is 16.5. The Bertz CT molecular complexity index is 760. The minimum absolute atomic E-state index is 0.0936. The summed E-state index contributed by atoms with van der Waals surface area (Å²) in [5, 5.41) is 2.95. The van der Waals surface area contributed by atoms with Crippen molar-refractivity contribution < 1.29 is 14.3 Å². The molecule has 0 aliphatic rings. The highest BCUT2D eigenvalue weighted by Crippen LogP contribution is 2.19. The molecule has 0 aliphatic carbocycles. The molecule has 0 saturated heterocycles. The molecule has 2 amide bonds. The van der Waals surface area contributed by atoms with Gasteiger partial charge in [-0.3, -0.25) is 9.59 Å². The van der Waals surface area contributed by atoms with Gasteiger partial charge in [-0.1, -0.05) is 24.3 Å². The van der Waals surface area contributed by atoms with Crippen molar-refractivity contribution in [1.82, 2.24) is 5.32 Å². The summed E-state index contributed by atoms with van der Waals surface area (Å²) < 4.78 is 5.16. The molecule has 2 aromatic carbocycles. The van der Waals surface area contributed by atoms with E-state index in [0.29, 0.717) is 13.1 Å². The quantitative estimate of drug-likeness (QED) is 0.671. The fraction of sp³-hybridized carbons (Fsp3) is 0.333. The van der Waals surface area contributed by atoms with Gasteiger partial charge in [0.25, 0.3) is 0 Å². The first-order valence-corrected chi connectivity index (χ1v) is 8.98. The number of nitrogens with two attached hydrogens (primary N) is 1. The van der Waals surface area contributed by atoms with Gasteiger partial charge in [-0.15, -0.1) is 0 Å². The van der Waals surface area contributed by atoms with Crippen molar-refractivity contribution in [3.05, 3.63) is 59.7 Å². The lowest BCUT2D eigenvalue weighted by molar-refractivity contribution is -0.120. The van der Waals surface area contributed by atoms with Crippen LogP contribution < -0.4 is 20.7 Å². The number of rotatable bonds is 10. The second kappa shape index (κ2) is 10.2. The average Bonchev–Trinajstić information content (AvgIpc) is 2.66. The van der Waals surface area contributed by atoms with Crippen LogP contribution in [0.4, 0.5) is 5.69 Å². The number of benzene rings is 2. The molecule has 3 N–H and O–H groups in total. The average molecular weight is 369 g/mol. The topological polar surface area (TPSA) is 84.7 Å². The van der Waals surface area contributed by atoms with Gasteiger partial charge in [0.05, 0.1) is 13.7 Å². The van der Waals surface area contributed by atoms with Crippen molar-refractivity contribution in [2.75, 3.05) is 31.6 Å². The molecule has 0 radical (unpaired) electrons. The zero-order chi connectivity index (χ0) is 19.6.